The van der Waals surface area contributed by atoms with E-state index in [4.69, 9.17) is 0 Å². The van der Waals surface area contributed by atoms with Gasteiger partial charge in [0.25, 0.3) is 0 Å². The van der Waals surface area contributed by atoms with Crippen molar-refractivity contribution in [1.82, 2.24) is 0 Å². The summed E-state index contributed by atoms with van der Waals surface area (Å²) in [4.78, 5) is 0. The molecule has 0 fully saturated rings. The van der Waals surface area contributed by atoms with Crippen molar-refractivity contribution in [1.29, 1.82) is 0 Å². The lowest BCUT2D eigenvalue weighted by molar-refractivity contribution is -0.0521. The van der Waals surface area contributed by atoms with E-state index in [1.165, 1.54) is 12.8 Å². The van der Waals surface area contributed by atoms with E-state index >= 15 is 0 Å². The molecule has 0 aromatic carbocycles. The molecule has 0 aromatic heterocycles. The van der Waals surface area contributed by atoms with Crippen LogP contribution in [0.2, 0.25) is 0 Å². The first-order chi connectivity index (χ1) is 5.48. The Morgan fingerprint density at radius 1 is 1.17 bits per heavy atom. The van der Waals surface area contributed by atoms with E-state index < -0.39 is 11.7 Å². The molecule has 2 N–H and O–H groups in total. The molecule has 74 valence electrons. The Kier molecular flexibility index (Phi) is 5.51. The van der Waals surface area contributed by atoms with E-state index in [-0.39, 0.29) is 0 Å². The molecule has 0 aliphatic heterocycles. The van der Waals surface area contributed by atoms with Crippen LogP contribution in [0.25, 0.3) is 0 Å². The van der Waals surface area contributed by atoms with Gasteiger partial charge in [-0.3, -0.25) is 0 Å². The van der Waals surface area contributed by atoms with Crippen LogP contribution in [0.1, 0.15) is 52.9 Å². The number of rotatable bonds is 6. The number of hydrogen-bond donors (Lipinski definition) is 2. The summed E-state index contributed by atoms with van der Waals surface area (Å²) in [6.07, 6.45) is 4.73. The summed E-state index contributed by atoms with van der Waals surface area (Å²) in [6.45, 7) is 5.46. The molecule has 0 bridgehead atoms. The maximum absolute atomic E-state index is 9.44. The quantitative estimate of drug-likeness (QED) is 0.605. The Morgan fingerprint density at radius 3 is 2.17 bits per heavy atom. The van der Waals surface area contributed by atoms with Gasteiger partial charge < -0.3 is 10.2 Å². The SMILES string of the molecule is CCCCCCC(O)C(C)(C)O. The Morgan fingerprint density at radius 2 is 1.75 bits per heavy atom. The summed E-state index contributed by atoms with van der Waals surface area (Å²) in [6, 6.07) is 0. The van der Waals surface area contributed by atoms with Crippen LogP contribution in [0, 0.1) is 0 Å². The Hall–Kier alpha value is -0.0800. The first kappa shape index (κ1) is 11.9. The van der Waals surface area contributed by atoms with Gasteiger partial charge in [0.15, 0.2) is 0 Å². The smallest absolute Gasteiger partial charge is 0.0849 e. The zero-order valence-electron chi connectivity index (χ0n) is 8.51. The first-order valence-corrected chi connectivity index (χ1v) is 4.89. The molecular weight excluding hydrogens is 152 g/mol. The molecule has 0 radical (unpaired) electrons. The molecule has 0 amide bonds. The average Bonchev–Trinajstić information content (AvgIpc) is 1.96. The molecular formula is C10H22O2. The molecule has 0 saturated carbocycles. The van der Waals surface area contributed by atoms with Gasteiger partial charge in [0.05, 0.1) is 11.7 Å². The van der Waals surface area contributed by atoms with Crippen molar-refractivity contribution < 1.29 is 10.2 Å². The molecule has 12 heavy (non-hydrogen) atoms. The molecule has 0 heterocycles. The van der Waals surface area contributed by atoms with Crippen LogP contribution in [0.4, 0.5) is 0 Å². The van der Waals surface area contributed by atoms with Crippen LogP contribution >= 0.6 is 0 Å². The van der Waals surface area contributed by atoms with Gasteiger partial charge >= 0.3 is 0 Å². The Labute approximate surface area is 75.6 Å². The van der Waals surface area contributed by atoms with Crippen LogP contribution in [-0.4, -0.2) is 21.9 Å². The third kappa shape index (κ3) is 5.56. The maximum Gasteiger partial charge on any atom is 0.0849 e. The fourth-order valence-electron chi connectivity index (χ4n) is 1.12. The highest BCUT2D eigenvalue weighted by Gasteiger charge is 2.23. The monoisotopic (exact) mass is 174 g/mol. The van der Waals surface area contributed by atoms with Crippen LogP contribution < -0.4 is 0 Å². The van der Waals surface area contributed by atoms with Gasteiger partial charge in [-0.1, -0.05) is 32.6 Å². The molecule has 0 aromatic rings. The van der Waals surface area contributed by atoms with Gasteiger partial charge in [-0.25, -0.2) is 0 Å². The van der Waals surface area contributed by atoms with Crippen molar-refractivity contribution in [2.75, 3.05) is 0 Å². The molecule has 1 unspecified atom stereocenters. The van der Waals surface area contributed by atoms with E-state index in [1.807, 2.05) is 0 Å². The predicted molar refractivity (Wildman–Crippen MR) is 51.1 cm³/mol. The highest BCUT2D eigenvalue weighted by atomic mass is 16.3. The summed E-state index contributed by atoms with van der Waals surface area (Å²) in [5, 5.41) is 18.8. The van der Waals surface area contributed by atoms with E-state index in [0.29, 0.717) is 6.42 Å². The minimum absolute atomic E-state index is 0.575. The van der Waals surface area contributed by atoms with Crippen molar-refractivity contribution >= 4 is 0 Å². The lowest BCUT2D eigenvalue weighted by atomic mass is 9.96. The van der Waals surface area contributed by atoms with Crippen LogP contribution in [0.15, 0.2) is 0 Å². The van der Waals surface area contributed by atoms with Crippen molar-refractivity contribution in [3.63, 3.8) is 0 Å². The number of aliphatic hydroxyl groups excluding tert-OH is 1. The highest BCUT2D eigenvalue weighted by Crippen LogP contribution is 2.15. The van der Waals surface area contributed by atoms with Gasteiger partial charge in [0.1, 0.15) is 0 Å². The Bertz CT molecular complexity index is 105. The van der Waals surface area contributed by atoms with Crippen LogP contribution in [0.3, 0.4) is 0 Å². The van der Waals surface area contributed by atoms with Crippen LogP contribution in [0.5, 0.6) is 0 Å². The second kappa shape index (κ2) is 5.55. The van der Waals surface area contributed by atoms with Crippen LogP contribution in [-0.2, 0) is 0 Å². The summed E-state index contributed by atoms with van der Waals surface area (Å²) in [5.74, 6) is 0. The minimum atomic E-state index is -0.938. The number of unbranched alkanes of at least 4 members (excludes halogenated alkanes) is 3. The second-order valence-electron chi connectivity index (χ2n) is 4.02. The molecule has 0 aliphatic rings. The van der Waals surface area contributed by atoms with Gasteiger partial charge in [-0.05, 0) is 20.3 Å². The number of aliphatic hydroxyl groups is 2. The molecule has 0 spiro atoms. The fourth-order valence-corrected chi connectivity index (χ4v) is 1.12. The minimum Gasteiger partial charge on any atom is -0.390 e. The van der Waals surface area contributed by atoms with Crippen molar-refractivity contribution in [2.45, 2.75) is 64.6 Å². The van der Waals surface area contributed by atoms with Crippen molar-refractivity contribution in [3.05, 3.63) is 0 Å². The zero-order valence-corrected chi connectivity index (χ0v) is 8.51. The van der Waals surface area contributed by atoms with E-state index in [9.17, 15) is 10.2 Å². The summed E-state index contributed by atoms with van der Waals surface area (Å²) >= 11 is 0. The second-order valence-corrected chi connectivity index (χ2v) is 4.02. The topological polar surface area (TPSA) is 40.5 Å². The molecule has 0 aliphatic carbocycles. The molecule has 0 saturated heterocycles. The third-order valence-electron chi connectivity index (χ3n) is 2.15. The standard InChI is InChI=1S/C10H22O2/c1-4-5-6-7-8-9(11)10(2,3)12/h9,11-12H,4-8H2,1-3H3. The van der Waals surface area contributed by atoms with E-state index in [0.717, 1.165) is 12.8 Å². The maximum atomic E-state index is 9.44. The third-order valence-corrected chi connectivity index (χ3v) is 2.15. The predicted octanol–water partition coefficient (Wildman–Crippen LogP) is 2.09. The van der Waals surface area contributed by atoms with Gasteiger partial charge in [0, 0.05) is 0 Å². The van der Waals surface area contributed by atoms with Crippen molar-refractivity contribution in [2.24, 2.45) is 0 Å². The molecule has 2 heteroatoms. The normalized spacial score (nSPS) is 14.8. The number of hydrogen-bond acceptors (Lipinski definition) is 2. The van der Waals surface area contributed by atoms with Gasteiger partial charge in [-0.15, -0.1) is 0 Å². The zero-order chi connectivity index (χ0) is 9.61. The summed E-state index contributed by atoms with van der Waals surface area (Å²) in [5.41, 5.74) is -0.938. The lowest BCUT2D eigenvalue weighted by Crippen LogP contribution is -2.35. The lowest BCUT2D eigenvalue weighted by Gasteiger charge is -2.24. The van der Waals surface area contributed by atoms with E-state index in [1.54, 1.807) is 13.8 Å². The average molecular weight is 174 g/mol. The highest BCUT2D eigenvalue weighted by molar-refractivity contribution is 4.75. The summed E-state index contributed by atoms with van der Waals surface area (Å²) in [7, 11) is 0. The van der Waals surface area contributed by atoms with Crippen molar-refractivity contribution in [3.8, 4) is 0 Å². The first-order valence-electron chi connectivity index (χ1n) is 4.89. The van der Waals surface area contributed by atoms with Gasteiger partial charge in [0.2, 0.25) is 0 Å². The Balaban J connectivity index is 3.38. The van der Waals surface area contributed by atoms with E-state index in [2.05, 4.69) is 6.92 Å². The largest absolute Gasteiger partial charge is 0.390 e. The molecule has 0 rings (SSSR count). The molecule has 1 atom stereocenters. The molecule has 2 nitrogen and oxygen atoms in total. The fraction of sp³-hybridized carbons (Fsp3) is 1.00. The summed E-state index contributed by atoms with van der Waals surface area (Å²) < 4.78 is 0. The van der Waals surface area contributed by atoms with Gasteiger partial charge in [-0.2, -0.15) is 0 Å².